The quantitative estimate of drug-likeness (QED) is 0.777. The number of allylic oxidation sites excluding steroid dienone is 1. The van der Waals surface area contributed by atoms with Gasteiger partial charge in [-0.3, -0.25) is 9.69 Å². The zero-order valence-corrected chi connectivity index (χ0v) is 12.9. The summed E-state index contributed by atoms with van der Waals surface area (Å²) in [5.41, 5.74) is 1.10. The average Bonchev–Trinajstić information content (AvgIpc) is 2.74. The second kappa shape index (κ2) is 5.42. The third-order valence-corrected chi connectivity index (χ3v) is 5.32. The van der Waals surface area contributed by atoms with Crippen LogP contribution in [0.25, 0.3) is 0 Å². The van der Waals surface area contributed by atoms with Gasteiger partial charge in [0.15, 0.2) is 0 Å². The SMILES string of the molecule is CC1=C(C)C2C(=O)N=C(C(C)N3CCOCC3)N=C2S1. The van der Waals surface area contributed by atoms with Crippen molar-refractivity contribution >= 4 is 28.5 Å². The fourth-order valence-corrected chi connectivity index (χ4v) is 3.82. The van der Waals surface area contributed by atoms with Crippen LogP contribution in [0.1, 0.15) is 20.8 Å². The third kappa shape index (κ3) is 2.36. The normalized spacial score (nSPS) is 29.1. The highest BCUT2D eigenvalue weighted by atomic mass is 32.2. The van der Waals surface area contributed by atoms with Crippen LogP contribution in [0, 0.1) is 5.92 Å². The molecule has 0 N–H and O–H groups in total. The van der Waals surface area contributed by atoms with E-state index in [4.69, 9.17) is 4.74 Å². The predicted molar refractivity (Wildman–Crippen MR) is 81.2 cm³/mol. The molecule has 2 unspecified atom stereocenters. The number of hydrogen-bond acceptors (Lipinski definition) is 5. The number of amides is 1. The van der Waals surface area contributed by atoms with Gasteiger partial charge in [0.2, 0.25) is 0 Å². The number of thioether (sulfide) groups is 1. The Kier molecular flexibility index (Phi) is 3.79. The molecule has 0 aliphatic carbocycles. The monoisotopic (exact) mass is 293 g/mol. The lowest BCUT2D eigenvalue weighted by atomic mass is 10.00. The van der Waals surface area contributed by atoms with Crippen molar-refractivity contribution in [2.24, 2.45) is 15.9 Å². The Morgan fingerprint density at radius 3 is 2.70 bits per heavy atom. The maximum atomic E-state index is 12.3. The molecule has 3 aliphatic heterocycles. The van der Waals surface area contributed by atoms with E-state index in [0.717, 1.165) is 36.9 Å². The van der Waals surface area contributed by atoms with Crippen molar-refractivity contribution in [3.05, 3.63) is 10.5 Å². The number of fused-ring (bicyclic) bond motifs is 1. The van der Waals surface area contributed by atoms with Gasteiger partial charge in [-0.25, -0.2) is 4.99 Å². The van der Waals surface area contributed by atoms with E-state index >= 15 is 0 Å². The van der Waals surface area contributed by atoms with Gasteiger partial charge < -0.3 is 4.74 Å². The zero-order valence-electron chi connectivity index (χ0n) is 12.0. The molecule has 1 saturated heterocycles. The second-order valence-electron chi connectivity index (χ2n) is 5.36. The standard InChI is InChI=1S/C14H19N3O2S/c1-8-10(3)20-14-11(8)13(18)15-12(16-14)9(2)17-4-6-19-7-5-17/h9,11H,4-7H2,1-3H3. The Hall–Kier alpha value is -0.980. The number of rotatable bonds is 2. The highest BCUT2D eigenvalue weighted by Gasteiger charge is 2.38. The lowest BCUT2D eigenvalue weighted by molar-refractivity contribution is -0.118. The summed E-state index contributed by atoms with van der Waals surface area (Å²) < 4.78 is 5.36. The molecule has 2 atom stereocenters. The van der Waals surface area contributed by atoms with E-state index in [1.54, 1.807) is 11.8 Å². The number of ether oxygens (including phenoxy) is 1. The van der Waals surface area contributed by atoms with E-state index in [2.05, 4.69) is 21.8 Å². The van der Waals surface area contributed by atoms with Gasteiger partial charge in [-0.2, -0.15) is 4.99 Å². The van der Waals surface area contributed by atoms with Gasteiger partial charge in [0, 0.05) is 13.1 Å². The average molecular weight is 293 g/mol. The Morgan fingerprint density at radius 1 is 1.30 bits per heavy atom. The van der Waals surface area contributed by atoms with E-state index in [-0.39, 0.29) is 17.9 Å². The van der Waals surface area contributed by atoms with Crippen molar-refractivity contribution in [1.29, 1.82) is 0 Å². The lowest BCUT2D eigenvalue weighted by Gasteiger charge is -2.32. The molecule has 3 aliphatic rings. The number of carbonyl (C=O) groups is 1. The molecule has 0 aromatic rings. The molecule has 3 rings (SSSR count). The van der Waals surface area contributed by atoms with Crippen molar-refractivity contribution in [3.63, 3.8) is 0 Å². The topological polar surface area (TPSA) is 54.3 Å². The number of carbonyl (C=O) groups excluding carboxylic acids is 1. The largest absolute Gasteiger partial charge is 0.379 e. The highest BCUT2D eigenvalue weighted by Crippen LogP contribution is 2.40. The highest BCUT2D eigenvalue weighted by molar-refractivity contribution is 8.17. The predicted octanol–water partition coefficient (Wildman–Crippen LogP) is 1.70. The van der Waals surface area contributed by atoms with Gasteiger partial charge in [0.1, 0.15) is 11.8 Å². The number of amidine groups is 1. The lowest BCUT2D eigenvalue weighted by Crippen LogP contribution is -2.46. The fraction of sp³-hybridized carbons (Fsp3) is 0.643. The first-order valence-corrected chi connectivity index (χ1v) is 7.77. The van der Waals surface area contributed by atoms with Gasteiger partial charge in [0.05, 0.1) is 24.3 Å². The van der Waals surface area contributed by atoms with Crippen molar-refractivity contribution < 1.29 is 9.53 Å². The minimum absolute atomic E-state index is 0.0630. The molecule has 20 heavy (non-hydrogen) atoms. The number of hydrogen-bond donors (Lipinski definition) is 0. The second-order valence-corrected chi connectivity index (χ2v) is 6.59. The van der Waals surface area contributed by atoms with E-state index < -0.39 is 0 Å². The van der Waals surface area contributed by atoms with Gasteiger partial charge in [-0.05, 0) is 31.2 Å². The third-order valence-electron chi connectivity index (χ3n) is 4.16. The fourth-order valence-electron chi connectivity index (χ4n) is 2.69. The summed E-state index contributed by atoms with van der Waals surface area (Å²) in [6.45, 7) is 9.31. The van der Waals surface area contributed by atoms with Crippen LogP contribution in [0.3, 0.4) is 0 Å². The van der Waals surface area contributed by atoms with Crippen molar-refractivity contribution in [2.75, 3.05) is 26.3 Å². The Balaban J connectivity index is 1.81. The zero-order chi connectivity index (χ0) is 14.3. The van der Waals surface area contributed by atoms with Gasteiger partial charge in [0.25, 0.3) is 5.91 Å². The summed E-state index contributed by atoms with van der Waals surface area (Å²) in [5, 5.41) is 0.898. The molecule has 1 fully saturated rings. The van der Waals surface area contributed by atoms with Crippen LogP contribution >= 0.6 is 11.8 Å². The van der Waals surface area contributed by atoms with Crippen LogP contribution in [-0.4, -0.2) is 54.0 Å². The van der Waals surface area contributed by atoms with Gasteiger partial charge in [-0.15, -0.1) is 0 Å². The van der Waals surface area contributed by atoms with Crippen LogP contribution < -0.4 is 0 Å². The molecule has 1 amide bonds. The molecule has 108 valence electrons. The number of morpholine rings is 1. The summed E-state index contributed by atoms with van der Waals surface area (Å²) in [5.74, 6) is 0.366. The van der Waals surface area contributed by atoms with Gasteiger partial charge in [-0.1, -0.05) is 11.8 Å². The van der Waals surface area contributed by atoms with Crippen LogP contribution in [0.2, 0.25) is 0 Å². The van der Waals surface area contributed by atoms with E-state index in [1.165, 1.54) is 4.91 Å². The molecule has 5 nitrogen and oxygen atoms in total. The van der Waals surface area contributed by atoms with E-state index in [0.29, 0.717) is 5.84 Å². The molecular weight excluding hydrogens is 274 g/mol. The summed E-state index contributed by atoms with van der Waals surface area (Å²) in [7, 11) is 0. The minimum Gasteiger partial charge on any atom is -0.379 e. The Bertz CT molecular complexity index is 533. The number of nitrogens with zero attached hydrogens (tertiary/aromatic N) is 3. The molecule has 0 aromatic heterocycles. The first-order chi connectivity index (χ1) is 9.58. The maximum absolute atomic E-state index is 12.3. The molecule has 0 spiro atoms. The summed E-state index contributed by atoms with van der Waals surface area (Å²) in [6, 6.07) is 0.0677. The molecule has 0 aromatic carbocycles. The smallest absolute Gasteiger partial charge is 0.261 e. The first-order valence-electron chi connectivity index (χ1n) is 6.96. The maximum Gasteiger partial charge on any atom is 0.261 e. The van der Waals surface area contributed by atoms with E-state index in [1.807, 2.05) is 13.8 Å². The van der Waals surface area contributed by atoms with Gasteiger partial charge >= 0.3 is 0 Å². The Labute approximate surface area is 123 Å². The van der Waals surface area contributed by atoms with Crippen LogP contribution in [0.15, 0.2) is 20.5 Å². The Morgan fingerprint density at radius 2 is 2.00 bits per heavy atom. The molecular formula is C14H19N3O2S. The van der Waals surface area contributed by atoms with Crippen molar-refractivity contribution in [1.82, 2.24) is 4.90 Å². The molecule has 3 heterocycles. The van der Waals surface area contributed by atoms with Crippen molar-refractivity contribution in [2.45, 2.75) is 26.8 Å². The van der Waals surface area contributed by atoms with Crippen LogP contribution in [0.4, 0.5) is 0 Å². The van der Waals surface area contributed by atoms with Crippen LogP contribution in [-0.2, 0) is 9.53 Å². The molecule has 6 heteroatoms. The molecule has 0 radical (unpaired) electrons. The first kappa shape index (κ1) is 14.0. The van der Waals surface area contributed by atoms with Crippen LogP contribution in [0.5, 0.6) is 0 Å². The summed E-state index contributed by atoms with van der Waals surface area (Å²) >= 11 is 1.61. The number of aliphatic imine (C=N–C) groups is 2. The van der Waals surface area contributed by atoms with E-state index in [9.17, 15) is 4.79 Å². The summed E-state index contributed by atoms with van der Waals surface area (Å²) in [6.07, 6.45) is 0. The molecule has 0 saturated carbocycles. The van der Waals surface area contributed by atoms with Crippen molar-refractivity contribution in [3.8, 4) is 0 Å². The minimum atomic E-state index is -0.222. The summed E-state index contributed by atoms with van der Waals surface area (Å²) in [4.78, 5) is 24.6. The molecule has 0 bridgehead atoms.